The van der Waals surface area contributed by atoms with Crippen LogP contribution in [0.15, 0.2) is 35.2 Å². The molecule has 25 heavy (non-hydrogen) atoms. The van der Waals surface area contributed by atoms with Crippen molar-refractivity contribution in [3.05, 3.63) is 57.9 Å². The summed E-state index contributed by atoms with van der Waals surface area (Å²) < 4.78 is 38.9. The first-order valence-electron chi connectivity index (χ1n) is 7.34. The molecule has 0 aliphatic rings. The topological polar surface area (TPSA) is 66.5 Å². The molecule has 1 amide bonds. The molecule has 0 saturated carbocycles. The molecule has 0 aromatic heterocycles. The molecule has 134 valence electrons. The molecular formula is C17H18ClFN2O3S. The van der Waals surface area contributed by atoms with Crippen LogP contribution in [0.4, 0.5) is 10.1 Å². The summed E-state index contributed by atoms with van der Waals surface area (Å²) in [7, 11) is -0.783. The number of amides is 1. The fraction of sp³-hybridized carbons (Fsp3) is 0.235. The molecule has 0 unspecified atom stereocenters. The Kier molecular flexibility index (Phi) is 5.51. The number of benzene rings is 2. The van der Waals surface area contributed by atoms with Crippen molar-refractivity contribution in [3.8, 4) is 0 Å². The van der Waals surface area contributed by atoms with Gasteiger partial charge in [-0.25, -0.2) is 17.1 Å². The van der Waals surface area contributed by atoms with Crippen LogP contribution in [0.5, 0.6) is 0 Å². The van der Waals surface area contributed by atoms with Crippen LogP contribution in [0.2, 0.25) is 5.02 Å². The molecule has 0 saturated heterocycles. The van der Waals surface area contributed by atoms with Gasteiger partial charge in [-0.2, -0.15) is 0 Å². The van der Waals surface area contributed by atoms with Crippen molar-refractivity contribution in [1.29, 1.82) is 0 Å². The molecule has 0 spiro atoms. The van der Waals surface area contributed by atoms with E-state index in [1.165, 1.54) is 26.2 Å². The number of hydrogen-bond donors (Lipinski definition) is 1. The molecule has 1 N–H and O–H groups in total. The standard InChI is InChI=1S/C17H18ClFN2O3S/c1-10-7-13(25(23,24)21(3)4)9-16(11(10)2)20-17(22)14-6-5-12(19)8-15(14)18/h5-9H,1-4H3,(H,20,22). The van der Waals surface area contributed by atoms with Gasteiger partial charge in [-0.05, 0) is 55.3 Å². The van der Waals surface area contributed by atoms with Gasteiger partial charge in [-0.3, -0.25) is 4.79 Å². The zero-order valence-electron chi connectivity index (χ0n) is 14.2. The van der Waals surface area contributed by atoms with Crippen molar-refractivity contribution < 1.29 is 17.6 Å². The van der Waals surface area contributed by atoms with Gasteiger partial charge >= 0.3 is 0 Å². The predicted octanol–water partition coefficient (Wildman–Crippen LogP) is 3.60. The van der Waals surface area contributed by atoms with Crippen LogP contribution in [-0.4, -0.2) is 32.7 Å². The van der Waals surface area contributed by atoms with Gasteiger partial charge in [0.1, 0.15) is 5.82 Å². The lowest BCUT2D eigenvalue weighted by Crippen LogP contribution is -2.23. The van der Waals surface area contributed by atoms with E-state index in [9.17, 15) is 17.6 Å². The smallest absolute Gasteiger partial charge is 0.257 e. The van der Waals surface area contributed by atoms with Crippen molar-refractivity contribution in [2.24, 2.45) is 0 Å². The third-order valence-electron chi connectivity index (χ3n) is 3.84. The Morgan fingerprint density at radius 2 is 1.80 bits per heavy atom. The van der Waals surface area contributed by atoms with Gasteiger partial charge < -0.3 is 5.32 Å². The molecule has 0 bridgehead atoms. The molecule has 0 atom stereocenters. The van der Waals surface area contributed by atoms with Crippen molar-refractivity contribution in [2.75, 3.05) is 19.4 Å². The molecule has 2 aromatic carbocycles. The fourth-order valence-electron chi connectivity index (χ4n) is 2.18. The summed E-state index contributed by atoms with van der Waals surface area (Å²) in [4.78, 5) is 12.5. The second-order valence-corrected chi connectivity index (χ2v) is 8.34. The number of anilines is 1. The SMILES string of the molecule is Cc1cc(S(=O)(=O)N(C)C)cc(NC(=O)c2ccc(F)cc2Cl)c1C. The Morgan fingerprint density at radius 3 is 2.36 bits per heavy atom. The summed E-state index contributed by atoms with van der Waals surface area (Å²) >= 11 is 5.90. The van der Waals surface area contributed by atoms with Crippen molar-refractivity contribution >= 4 is 33.2 Å². The van der Waals surface area contributed by atoms with E-state index in [4.69, 9.17) is 11.6 Å². The molecule has 2 rings (SSSR count). The second-order valence-electron chi connectivity index (χ2n) is 5.78. The van der Waals surface area contributed by atoms with Crippen LogP contribution in [0.3, 0.4) is 0 Å². The molecule has 0 fully saturated rings. The Hall–Kier alpha value is -1.96. The highest BCUT2D eigenvalue weighted by Gasteiger charge is 2.21. The van der Waals surface area contributed by atoms with E-state index in [2.05, 4.69) is 5.32 Å². The highest BCUT2D eigenvalue weighted by Crippen LogP contribution is 2.27. The first kappa shape index (κ1) is 19.4. The maximum atomic E-state index is 13.1. The highest BCUT2D eigenvalue weighted by atomic mass is 35.5. The van der Waals surface area contributed by atoms with E-state index < -0.39 is 21.7 Å². The summed E-state index contributed by atoms with van der Waals surface area (Å²) in [6.45, 7) is 3.52. The van der Waals surface area contributed by atoms with Gasteiger partial charge in [0.05, 0.1) is 15.5 Å². The third-order valence-corrected chi connectivity index (χ3v) is 5.95. The minimum atomic E-state index is -3.65. The number of hydrogen-bond acceptors (Lipinski definition) is 3. The van der Waals surface area contributed by atoms with Crippen LogP contribution < -0.4 is 5.32 Å². The summed E-state index contributed by atoms with van der Waals surface area (Å²) in [5.74, 6) is -1.10. The number of carbonyl (C=O) groups is 1. The Labute approximate surface area is 151 Å². The largest absolute Gasteiger partial charge is 0.322 e. The van der Waals surface area contributed by atoms with Crippen LogP contribution in [0, 0.1) is 19.7 Å². The zero-order valence-corrected chi connectivity index (χ0v) is 15.8. The number of halogens is 2. The van der Waals surface area contributed by atoms with Crippen LogP contribution in [0.25, 0.3) is 0 Å². The van der Waals surface area contributed by atoms with Crippen LogP contribution >= 0.6 is 11.6 Å². The van der Waals surface area contributed by atoms with Crippen molar-refractivity contribution in [2.45, 2.75) is 18.7 Å². The minimum Gasteiger partial charge on any atom is -0.322 e. The lowest BCUT2D eigenvalue weighted by atomic mass is 10.1. The van der Waals surface area contributed by atoms with Crippen molar-refractivity contribution in [1.82, 2.24) is 4.31 Å². The number of rotatable bonds is 4. The zero-order chi connectivity index (χ0) is 18.9. The fourth-order valence-corrected chi connectivity index (χ4v) is 3.45. The lowest BCUT2D eigenvalue weighted by molar-refractivity contribution is 0.102. The molecule has 0 radical (unpaired) electrons. The maximum absolute atomic E-state index is 13.1. The van der Waals surface area contributed by atoms with Gasteiger partial charge in [0.25, 0.3) is 5.91 Å². The van der Waals surface area contributed by atoms with E-state index in [0.29, 0.717) is 11.3 Å². The van der Waals surface area contributed by atoms with Crippen LogP contribution in [-0.2, 0) is 10.0 Å². The first-order valence-corrected chi connectivity index (χ1v) is 9.16. The summed E-state index contributed by atoms with van der Waals surface area (Å²) in [5.41, 5.74) is 1.89. The summed E-state index contributed by atoms with van der Waals surface area (Å²) in [5, 5.41) is 2.63. The van der Waals surface area contributed by atoms with Gasteiger partial charge in [0, 0.05) is 19.8 Å². The summed E-state index contributed by atoms with van der Waals surface area (Å²) in [6.07, 6.45) is 0. The molecular weight excluding hydrogens is 367 g/mol. The van der Waals surface area contributed by atoms with Crippen LogP contribution in [0.1, 0.15) is 21.5 Å². The Balaban J connectivity index is 2.46. The molecule has 0 heterocycles. The van der Waals surface area contributed by atoms with E-state index in [1.807, 2.05) is 0 Å². The number of aryl methyl sites for hydroxylation is 1. The Morgan fingerprint density at radius 1 is 1.16 bits per heavy atom. The normalized spacial score (nSPS) is 11.6. The number of nitrogens with one attached hydrogen (secondary N) is 1. The Bertz CT molecular complexity index is 943. The molecule has 0 aliphatic carbocycles. The van der Waals surface area contributed by atoms with Crippen molar-refractivity contribution in [3.63, 3.8) is 0 Å². The molecule has 5 nitrogen and oxygen atoms in total. The van der Waals surface area contributed by atoms with E-state index in [1.54, 1.807) is 19.9 Å². The van der Waals surface area contributed by atoms with E-state index >= 15 is 0 Å². The quantitative estimate of drug-likeness (QED) is 0.875. The number of carbonyl (C=O) groups excluding carboxylic acids is 1. The monoisotopic (exact) mass is 384 g/mol. The van der Waals surface area contributed by atoms with Gasteiger partial charge in [-0.1, -0.05) is 11.6 Å². The predicted molar refractivity (Wildman–Crippen MR) is 96.2 cm³/mol. The molecule has 2 aromatic rings. The highest BCUT2D eigenvalue weighted by molar-refractivity contribution is 7.89. The maximum Gasteiger partial charge on any atom is 0.257 e. The summed E-state index contributed by atoms with van der Waals surface area (Å²) in [6, 6.07) is 6.39. The minimum absolute atomic E-state index is 0.0241. The lowest BCUT2D eigenvalue weighted by Gasteiger charge is -2.16. The third kappa shape index (κ3) is 4.00. The number of sulfonamides is 1. The second kappa shape index (κ2) is 7.11. The van der Waals surface area contributed by atoms with E-state index in [0.717, 1.165) is 22.0 Å². The average molecular weight is 385 g/mol. The van der Waals surface area contributed by atoms with Gasteiger partial charge in [0.15, 0.2) is 0 Å². The molecule has 0 aliphatic heterocycles. The number of nitrogens with zero attached hydrogens (tertiary/aromatic N) is 1. The average Bonchev–Trinajstić information content (AvgIpc) is 2.51. The van der Waals surface area contributed by atoms with E-state index in [-0.39, 0.29) is 15.5 Å². The first-order chi connectivity index (χ1) is 11.5. The van der Waals surface area contributed by atoms with Gasteiger partial charge in [-0.15, -0.1) is 0 Å². The van der Waals surface area contributed by atoms with Gasteiger partial charge in [0.2, 0.25) is 10.0 Å². The molecule has 8 heteroatoms.